The molecule has 104 valence electrons. The van der Waals surface area contributed by atoms with Crippen molar-refractivity contribution in [3.05, 3.63) is 0 Å². The van der Waals surface area contributed by atoms with Gasteiger partial charge in [-0.1, -0.05) is 6.92 Å². The summed E-state index contributed by atoms with van der Waals surface area (Å²) in [5.41, 5.74) is 4.89. The number of rotatable bonds is 6. The van der Waals surface area contributed by atoms with Gasteiger partial charge >= 0.3 is 6.03 Å². The Labute approximate surface area is 108 Å². The quantitative estimate of drug-likeness (QED) is 0.619. The van der Waals surface area contributed by atoms with Gasteiger partial charge in [0.2, 0.25) is 5.91 Å². The van der Waals surface area contributed by atoms with E-state index in [1.807, 2.05) is 0 Å². The smallest absolute Gasteiger partial charge is 0.318 e. The maximum atomic E-state index is 11.3. The molecule has 1 unspecified atom stereocenters. The van der Waals surface area contributed by atoms with Gasteiger partial charge in [-0.25, -0.2) is 4.79 Å². The molecule has 0 spiro atoms. The third kappa shape index (κ3) is 5.97. The molecule has 0 saturated carbocycles. The number of carbonyl (C=O) groups excluding carboxylic acids is 2. The lowest BCUT2D eigenvalue weighted by Crippen LogP contribution is -2.41. The van der Waals surface area contributed by atoms with Crippen LogP contribution in [0.5, 0.6) is 0 Å². The van der Waals surface area contributed by atoms with E-state index in [0.717, 1.165) is 26.2 Å². The highest BCUT2D eigenvalue weighted by Gasteiger charge is 2.16. The molecule has 0 aromatic heterocycles. The van der Waals surface area contributed by atoms with E-state index in [1.54, 1.807) is 0 Å². The van der Waals surface area contributed by atoms with E-state index < -0.39 is 6.03 Å². The zero-order valence-electron chi connectivity index (χ0n) is 11.1. The molecule has 1 aliphatic heterocycles. The standard InChI is InChI=1S/C12H24N4O2/c1-2-16(7-5-11(17)15-12(13)18)9-10-4-3-6-14-8-10/h10,14H,2-9H2,1H3,(H3,13,15,17,18). The lowest BCUT2D eigenvalue weighted by atomic mass is 9.99. The molecule has 1 fully saturated rings. The first-order chi connectivity index (χ1) is 8.61. The van der Waals surface area contributed by atoms with E-state index in [1.165, 1.54) is 12.8 Å². The van der Waals surface area contributed by atoms with Crippen LogP contribution < -0.4 is 16.4 Å². The molecule has 1 rings (SSSR count). The second-order valence-corrected chi connectivity index (χ2v) is 4.77. The van der Waals surface area contributed by atoms with Gasteiger partial charge in [0.15, 0.2) is 0 Å². The van der Waals surface area contributed by atoms with Crippen LogP contribution in [-0.4, -0.2) is 49.6 Å². The number of urea groups is 1. The first kappa shape index (κ1) is 14.9. The number of piperidine rings is 1. The van der Waals surface area contributed by atoms with E-state index in [0.29, 0.717) is 18.9 Å². The average Bonchev–Trinajstić information content (AvgIpc) is 2.35. The van der Waals surface area contributed by atoms with Crippen molar-refractivity contribution in [3.8, 4) is 0 Å². The maximum Gasteiger partial charge on any atom is 0.318 e. The van der Waals surface area contributed by atoms with Crippen molar-refractivity contribution in [2.75, 3.05) is 32.7 Å². The van der Waals surface area contributed by atoms with Crippen LogP contribution in [-0.2, 0) is 4.79 Å². The van der Waals surface area contributed by atoms with E-state index in [-0.39, 0.29) is 5.91 Å². The molecular formula is C12H24N4O2. The molecule has 6 nitrogen and oxygen atoms in total. The molecule has 4 N–H and O–H groups in total. The molecule has 0 aromatic rings. The highest BCUT2D eigenvalue weighted by Crippen LogP contribution is 2.11. The molecule has 1 aliphatic rings. The molecule has 18 heavy (non-hydrogen) atoms. The Morgan fingerprint density at radius 1 is 1.50 bits per heavy atom. The molecular weight excluding hydrogens is 232 g/mol. The molecule has 0 aliphatic carbocycles. The molecule has 3 amide bonds. The fraction of sp³-hybridized carbons (Fsp3) is 0.833. The van der Waals surface area contributed by atoms with Crippen molar-refractivity contribution in [2.24, 2.45) is 11.7 Å². The van der Waals surface area contributed by atoms with Gasteiger partial charge < -0.3 is 16.0 Å². The fourth-order valence-corrected chi connectivity index (χ4v) is 2.28. The number of hydrogen-bond donors (Lipinski definition) is 3. The van der Waals surface area contributed by atoms with Crippen molar-refractivity contribution in [1.82, 2.24) is 15.5 Å². The van der Waals surface area contributed by atoms with Crippen LogP contribution in [0.25, 0.3) is 0 Å². The third-order valence-corrected chi connectivity index (χ3v) is 3.28. The molecule has 1 atom stereocenters. The zero-order chi connectivity index (χ0) is 13.4. The second-order valence-electron chi connectivity index (χ2n) is 4.77. The molecule has 0 aromatic carbocycles. The average molecular weight is 256 g/mol. The number of nitrogens with two attached hydrogens (primary N) is 1. The van der Waals surface area contributed by atoms with Crippen molar-refractivity contribution < 1.29 is 9.59 Å². The molecule has 1 heterocycles. The highest BCUT2D eigenvalue weighted by molar-refractivity contribution is 5.93. The Bertz CT molecular complexity index is 277. The SMILES string of the molecule is CCN(CCC(=O)NC(N)=O)CC1CCCNC1. The monoisotopic (exact) mass is 256 g/mol. The fourth-order valence-electron chi connectivity index (χ4n) is 2.28. The summed E-state index contributed by atoms with van der Waals surface area (Å²) in [5, 5.41) is 5.47. The summed E-state index contributed by atoms with van der Waals surface area (Å²) < 4.78 is 0. The Balaban J connectivity index is 2.23. The van der Waals surface area contributed by atoms with Crippen molar-refractivity contribution in [3.63, 3.8) is 0 Å². The van der Waals surface area contributed by atoms with Gasteiger partial charge in [0.1, 0.15) is 0 Å². The van der Waals surface area contributed by atoms with Crippen molar-refractivity contribution in [1.29, 1.82) is 0 Å². The number of hydrogen-bond acceptors (Lipinski definition) is 4. The first-order valence-corrected chi connectivity index (χ1v) is 6.64. The largest absolute Gasteiger partial charge is 0.351 e. The molecule has 6 heteroatoms. The summed E-state index contributed by atoms with van der Waals surface area (Å²) >= 11 is 0. The van der Waals surface area contributed by atoms with Crippen LogP contribution in [0.4, 0.5) is 4.79 Å². The molecule has 0 radical (unpaired) electrons. The third-order valence-electron chi connectivity index (χ3n) is 3.28. The second kappa shape index (κ2) is 8.05. The van der Waals surface area contributed by atoms with E-state index in [4.69, 9.17) is 5.73 Å². The van der Waals surface area contributed by atoms with Gasteiger partial charge in [-0.05, 0) is 38.4 Å². The summed E-state index contributed by atoms with van der Waals surface area (Å²) in [4.78, 5) is 24.1. The lowest BCUT2D eigenvalue weighted by molar-refractivity contribution is -0.120. The topological polar surface area (TPSA) is 87.5 Å². The summed E-state index contributed by atoms with van der Waals surface area (Å²) in [5.74, 6) is 0.362. The summed E-state index contributed by atoms with van der Waals surface area (Å²) in [6.07, 6.45) is 2.79. The number of nitrogens with one attached hydrogen (secondary N) is 2. The van der Waals surface area contributed by atoms with Crippen LogP contribution in [0.2, 0.25) is 0 Å². The number of amides is 3. The maximum absolute atomic E-state index is 11.3. The van der Waals surface area contributed by atoms with Crippen molar-refractivity contribution >= 4 is 11.9 Å². The van der Waals surface area contributed by atoms with Gasteiger partial charge in [-0.2, -0.15) is 0 Å². The molecule has 0 bridgehead atoms. The van der Waals surface area contributed by atoms with Crippen molar-refractivity contribution in [2.45, 2.75) is 26.2 Å². The minimum Gasteiger partial charge on any atom is -0.351 e. The predicted molar refractivity (Wildman–Crippen MR) is 70.1 cm³/mol. The Kier molecular flexibility index (Phi) is 6.67. The van der Waals surface area contributed by atoms with Gasteiger partial charge in [-0.15, -0.1) is 0 Å². The summed E-state index contributed by atoms with van der Waals surface area (Å²) in [6.45, 7) is 6.86. The Morgan fingerprint density at radius 3 is 2.83 bits per heavy atom. The van der Waals surface area contributed by atoms with Crippen LogP contribution in [0.1, 0.15) is 26.2 Å². The van der Waals surface area contributed by atoms with Crippen LogP contribution >= 0.6 is 0 Å². The van der Waals surface area contributed by atoms with Gasteiger partial charge in [-0.3, -0.25) is 10.1 Å². The van der Waals surface area contributed by atoms with Crippen LogP contribution in [0, 0.1) is 5.92 Å². The normalized spacial score (nSPS) is 19.8. The minimum atomic E-state index is -0.778. The lowest BCUT2D eigenvalue weighted by Gasteiger charge is -2.29. The summed E-state index contributed by atoms with van der Waals surface area (Å²) in [6, 6.07) is -0.778. The van der Waals surface area contributed by atoms with Crippen LogP contribution in [0.15, 0.2) is 0 Å². The first-order valence-electron chi connectivity index (χ1n) is 6.64. The van der Waals surface area contributed by atoms with E-state index in [9.17, 15) is 9.59 Å². The van der Waals surface area contributed by atoms with E-state index in [2.05, 4.69) is 22.5 Å². The predicted octanol–water partition coefficient (Wildman–Crippen LogP) is -0.107. The molecule has 1 saturated heterocycles. The Morgan fingerprint density at radius 2 is 2.28 bits per heavy atom. The number of nitrogens with zero attached hydrogens (tertiary/aromatic N) is 1. The number of primary amides is 1. The van der Waals surface area contributed by atoms with Gasteiger partial charge in [0.25, 0.3) is 0 Å². The number of imide groups is 1. The van der Waals surface area contributed by atoms with Crippen LogP contribution in [0.3, 0.4) is 0 Å². The summed E-state index contributed by atoms with van der Waals surface area (Å²) in [7, 11) is 0. The zero-order valence-corrected chi connectivity index (χ0v) is 11.1. The van der Waals surface area contributed by atoms with Gasteiger partial charge in [0.05, 0.1) is 0 Å². The minimum absolute atomic E-state index is 0.303. The Hall–Kier alpha value is -1.14. The number of carbonyl (C=O) groups is 2. The highest BCUT2D eigenvalue weighted by atomic mass is 16.2. The van der Waals surface area contributed by atoms with Gasteiger partial charge in [0, 0.05) is 19.5 Å². The van der Waals surface area contributed by atoms with E-state index >= 15 is 0 Å².